The number of hydrogen-bond acceptors (Lipinski definition) is 2. The van der Waals surface area contributed by atoms with E-state index in [-0.39, 0.29) is 0 Å². The monoisotopic (exact) mass is 131 g/mol. The van der Waals surface area contributed by atoms with Gasteiger partial charge in [0.25, 0.3) is 0 Å². The Labute approximate surface area is 54.8 Å². The summed E-state index contributed by atoms with van der Waals surface area (Å²) < 4.78 is 0. The second kappa shape index (κ2) is 7.02. The molecule has 0 rings (SSSR count). The fourth-order valence-corrected chi connectivity index (χ4v) is 1.08. The molecule has 0 aromatic heterocycles. The Hall–Kier alpha value is 0.0200. The molecule has 0 amide bonds. The lowest BCUT2D eigenvalue weighted by atomic mass is 10.6. The Balaban J connectivity index is 2.62. The van der Waals surface area contributed by atoms with Gasteiger partial charge in [-0.15, -0.1) is 0 Å². The predicted molar refractivity (Wildman–Crippen MR) is 37.9 cm³/mol. The molecule has 8 heavy (non-hydrogen) atoms. The molecule has 1 nitrogen and oxygen atoms in total. The van der Waals surface area contributed by atoms with Gasteiger partial charge in [0.1, 0.15) is 0 Å². The van der Waals surface area contributed by atoms with Gasteiger partial charge in [-0.05, 0) is 12.2 Å². The van der Waals surface area contributed by atoms with Gasteiger partial charge in [-0.1, -0.05) is 6.92 Å². The molecule has 0 bridgehead atoms. The first-order valence-corrected chi connectivity index (χ1v) is 4.00. The zero-order valence-corrected chi connectivity index (χ0v) is 5.96. The van der Waals surface area contributed by atoms with Crippen LogP contribution in [0.25, 0.3) is 0 Å². The fraction of sp³-hybridized carbons (Fsp3) is 0.833. The molecule has 0 saturated carbocycles. The first kappa shape index (κ1) is 8.02. The third kappa shape index (κ3) is 6.02. The second-order valence-electron chi connectivity index (χ2n) is 1.51. The van der Waals surface area contributed by atoms with Gasteiger partial charge < -0.3 is 0 Å². The molecule has 47 valence electrons. The summed E-state index contributed by atoms with van der Waals surface area (Å²) >= 11 is 1.82. The summed E-state index contributed by atoms with van der Waals surface area (Å²) in [6, 6.07) is 0. The molecule has 0 N–H and O–H groups in total. The topological polar surface area (TPSA) is 17.1 Å². The Kier molecular flexibility index (Phi) is 7.04. The lowest BCUT2D eigenvalue weighted by Crippen LogP contribution is -1.81. The van der Waals surface area contributed by atoms with Crippen LogP contribution in [0.4, 0.5) is 0 Å². The molecule has 1 radical (unpaired) electrons. The Morgan fingerprint density at radius 1 is 1.50 bits per heavy atom. The minimum absolute atomic E-state index is 0.588. The number of thioether (sulfide) groups is 1. The summed E-state index contributed by atoms with van der Waals surface area (Å²) in [5.74, 6) is 2.11. The summed E-state index contributed by atoms with van der Waals surface area (Å²) in [5.41, 5.74) is 0. The van der Waals surface area contributed by atoms with Crippen molar-refractivity contribution in [1.29, 1.82) is 0 Å². The quantitative estimate of drug-likeness (QED) is 0.527. The van der Waals surface area contributed by atoms with Crippen LogP contribution in [0.15, 0.2) is 0 Å². The van der Waals surface area contributed by atoms with Crippen LogP contribution in [0, 0.1) is 0 Å². The minimum Gasteiger partial charge on any atom is -0.291 e. The number of carbonyl (C=O) groups excluding carboxylic acids is 1. The minimum atomic E-state index is 0.588. The maximum Gasteiger partial charge on any atom is 0.199 e. The molecule has 0 unspecified atom stereocenters. The van der Waals surface area contributed by atoms with Crippen LogP contribution in [0.1, 0.15) is 19.8 Å². The molecule has 0 aliphatic rings. The Morgan fingerprint density at radius 3 is 2.75 bits per heavy atom. The van der Waals surface area contributed by atoms with Crippen molar-refractivity contribution in [2.24, 2.45) is 0 Å². The number of rotatable bonds is 5. The van der Waals surface area contributed by atoms with Gasteiger partial charge in [0.05, 0.1) is 0 Å². The van der Waals surface area contributed by atoms with Crippen molar-refractivity contribution in [1.82, 2.24) is 0 Å². The lowest BCUT2D eigenvalue weighted by Gasteiger charge is -1.90. The van der Waals surface area contributed by atoms with Crippen molar-refractivity contribution < 1.29 is 4.79 Å². The van der Waals surface area contributed by atoms with E-state index >= 15 is 0 Å². The van der Waals surface area contributed by atoms with Gasteiger partial charge >= 0.3 is 0 Å². The van der Waals surface area contributed by atoms with Gasteiger partial charge in [-0.2, -0.15) is 11.8 Å². The summed E-state index contributed by atoms with van der Waals surface area (Å²) in [7, 11) is 0. The third-order valence-corrected chi connectivity index (χ3v) is 1.89. The molecular weight excluding hydrogens is 120 g/mol. The molecule has 0 fully saturated rings. The molecule has 2 heteroatoms. The standard InChI is InChI=1S/C6H11OS/c1-2-5-8-6-3-4-7/h2-3,5-6H2,1H3. The van der Waals surface area contributed by atoms with E-state index in [0.717, 1.165) is 5.75 Å². The van der Waals surface area contributed by atoms with E-state index in [1.165, 1.54) is 12.2 Å². The molecule has 0 heterocycles. The molecule has 0 atom stereocenters. The predicted octanol–water partition coefficient (Wildman–Crippen LogP) is 1.63. The van der Waals surface area contributed by atoms with Gasteiger partial charge in [-0.3, -0.25) is 4.79 Å². The van der Waals surface area contributed by atoms with Crippen LogP contribution >= 0.6 is 11.8 Å². The van der Waals surface area contributed by atoms with Crippen LogP contribution in [0.2, 0.25) is 0 Å². The fourth-order valence-electron chi connectivity index (χ4n) is 0.360. The summed E-state index contributed by atoms with van der Waals surface area (Å²) in [6.07, 6.45) is 3.64. The number of hydrogen-bond donors (Lipinski definition) is 0. The van der Waals surface area contributed by atoms with E-state index in [2.05, 4.69) is 6.92 Å². The van der Waals surface area contributed by atoms with E-state index in [4.69, 9.17) is 0 Å². The average Bonchev–Trinajstić information content (AvgIpc) is 1.81. The van der Waals surface area contributed by atoms with Crippen molar-refractivity contribution in [3.05, 3.63) is 0 Å². The van der Waals surface area contributed by atoms with Gasteiger partial charge in [0.15, 0.2) is 6.29 Å². The average molecular weight is 131 g/mol. The van der Waals surface area contributed by atoms with Gasteiger partial charge in [-0.25, -0.2) is 0 Å². The van der Waals surface area contributed by atoms with Gasteiger partial charge in [0.2, 0.25) is 0 Å². The zero-order valence-electron chi connectivity index (χ0n) is 5.14. The van der Waals surface area contributed by atoms with Crippen LogP contribution in [0.5, 0.6) is 0 Å². The summed E-state index contributed by atoms with van der Waals surface area (Å²) in [6.45, 7) is 2.14. The molecule has 0 spiro atoms. The molecule has 0 aromatic rings. The third-order valence-electron chi connectivity index (χ3n) is 0.697. The van der Waals surface area contributed by atoms with Crippen LogP contribution < -0.4 is 0 Å². The van der Waals surface area contributed by atoms with E-state index in [0.29, 0.717) is 6.42 Å². The molecule has 0 aromatic carbocycles. The molecule has 0 aliphatic heterocycles. The van der Waals surface area contributed by atoms with E-state index in [9.17, 15) is 4.79 Å². The highest BCUT2D eigenvalue weighted by atomic mass is 32.2. The van der Waals surface area contributed by atoms with Gasteiger partial charge in [0, 0.05) is 12.2 Å². The smallest absolute Gasteiger partial charge is 0.199 e. The van der Waals surface area contributed by atoms with Crippen molar-refractivity contribution in [3.8, 4) is 0 Å². The molecular formula is C6H11OS. The summed E-state index contributed by atoms with van der Waals surface area (Å²) in [4.78, 5) is 9.63. The van der Waals surface area contributed by atoms with Crippen LogP contribution in [-0.2, 0) is 4.79 Å². The summed E-state index contributed by atoms with van der Waals surface area (Å²) in [5, 5.41) is 0. The Morgan fingerprint density at radius 2 is 2.25 bits per heavy atom. The van der Waals surface area contributed by atoms with Crippen molar-refractivity contribution >= 4 is 18.0 Å². The SMILES string of the molecule is CCCSCC[C]=O. The highest BCUT2D eigenvalue weighted by molar-refractivity contribution is 7.99. The normalized spacial score (nSPS) is 9.12. The maximum absolute atomic E-state index is 9.63. The van der Waals surface area contributed by atoms with E-state index < -0.39 is 0 Å². The first-order chi connectivity index (χ1) is 3.91. The first-order valence-electron chi connectivity index (χ1n) is 2.84. The van der Waals surface area contributed by atoms with Crippen molar-refractivity contribution in [3.63, 3.8) is 0 Å². The molecule has 0 saturated heterocycles. The van der Waals surface area contributed by atoms with E-state index in [1.54, 1.807) is 0 Å². The highest BCUT2D eigenvalue weighted by Gasteiger charge is 1.84. The highest BCUT2D eigenvalue weighted by Crippen LogP contribution is 2.01. The van der Waals surface area contributed by atoms with Crippen molar-refractivity contribution in [2.45, 2.75) is 19.8 Å². The van der Waals surface area contributed by atoms with E-state index in [1.807, 2.05) is 18.0 Å². The van der Waals surface area contributed by atoms with Crippen molar-refractivity contribution in [2.75, 3.05) is 11.5 Å². The zero-order chi connectivity index (χ0) is 6.24. The van der Waals surface area contributed by atoms with Crippen LogP contribution in [-0.4, -0.2) is 17.8 Å². The van der Waals surface area contributed by atoms with Crippen LogP contribution in [0.3, 0.4) is 0 Å². The maximum atomic E-state index is 9.63. The molecule has 0 aliphatic carbocycles. The Bertz CT molecular complexity index is 54.5. The second-order valence-corrected chi connectivity index (χ2v) is 2.73. The lowest BCUT2D eigenvalue weighted by molar-refractivity contribution is 0.554. The largest absolute Gasteiger partial charge is 0.291 e.